The Morgan fingerprint density at radius 2 is 1.83 bits per heavy atom. The van der Waals surface area contributed by atoms with Crippen molar-refractivity contribution in [3.05, 3.63) is 28.8 Å². The molecule has 2 N–H and O–H groups in total. The van der Waals surface area contributed by atoms with E-state index in [2.05, 4.69) is 10.1 Å². The zero-order valence-electron chi connectivity index (χ0n) is 15.0. The molecule has 0 saturated heterocycles. The molecule has 1 aliphatic carbocycles. The Morgan fingerprint density at radius 1 is 1.21 bits per heavy atom. The van der Waals surface area contributed by atoms with Gasteiger partial charge in [-0.15, -0.1) is 0 Å². The van der Waals surface area contributed by atoms with E-state index >= 15 is 0 Å². The number of benzene rings is 1. The molecule has 0 spiro atoms. The summed E-state index contributed by atoms with van der Waals surface area (Å²) in [5.41, 5.74) is -0.114. The van der Waals surface area contributed by atoms with Crippen molar-refractivity contribution in [2.45, 2.75) is 38.0 Å². The van der Waals surface area contributed by atoms with Crippen molar-refractivity contribution in [1.82, 2.24) is 0 Å². The van der Waals surface area contributed by atoms with E-state index < -0.39 is 48.6 Å². The van der Waals surface area contributed by atoms with Gasteiger partial charge in [-0.25, -0.2) is 13.6 Å². The molecule has 1 aromatic rings. The van der Waals surface area contributed by atoms with Crippen molar-refractivity contribution in [1.29, 1.82) is 0 Å². The zero-order chi connectivity index (χ0) is 21.8. The van der Waals surface area contributed by atoms with Crippen LogP contribution in [0.1, 0.15) is 36.0 Å². The Bertz CT molecular complexity index is 790. The van der Waals surface area contributed by atoms with E-state index in [1.54, 1.807) is 0 Å². The number of carbonyl (C=O) groups is 3. The Balaban J connectivity index is 2.08. The second-order valence-electron chi connectivity index (χ2n) is 6.66. The highest BCUT2D eigenvalue weighted by Gasteiger charge is 2.44. The number of hydrogen-bond acceptors (Lipinski definition) is 4. The molecule has 0 radical (unpaired) electrons. The summed E-state index contributed by atoms with van der Waals surface area (Å²) >= 11 is 5.77. The minimum absolute atomic E-state index is 0.0328. The fourth-order valence-corrected chi connectivity index (χ4v) is 3.26. The molecule has 1 amide bonds. The molecule has 0 aliphatic heterocycles. The van der Waals surface area contributed by atoms with Gasteiger partial charge in [0.1, 0.15) is 0 Å². The lowest BCUT2D eigenvalue weighted by Crippen LogP contribution is -2.40. The van der Waals surface area contributed by atoms with Gasteiger partial charge in [-0.2, -0.15) is 8.78 Å². The number of nitrogens with one attached hydrogen (secondary N) is 1. The van der Waals surface area contributed by atoms with Crippen molar-refractivity contribution in [3.8, 4) is 0 Å². The molecule has 1 aromatic carbocycles. The second kappa shape index (κ2) is 9.43. The van der Waals surface area contributed by atoms with Crippen LogP contribution in [-0.4, -0.2) is 41.9 Å². The molecule has 2 atom stereocenters. The zero-order valence-corrected chi connectivity index (χ0v) is 15.7. The number of carboxylic acid groups (broad SMARTS) is 1. The van der Waals surface area contributed by atoms with E-state index in [0.717, 1.165) is 6.07 Å². The van der Waals surface area contributed by atoms with E-state index in [1.165, 1.54) is 12.1 Å². The number of anilines is 1. The maximum absolute atomic E-state index is 13.0. The molecule has 0 aromatic heterocycles. The van der Waals surface area contributed by atoms with Crippen molar-refractivity contribution in [3.63, 3.8) is 0 Å². The summed E-state index contributed by atoms with van der Waals surface area (Å²) in [5, 5.41) is 11.5. The van der Waals surface area contributed by atoms with Gasteiger partial charge in [0, 0.05) is 5.69 Å². The average molecular weight is 440 g/mol. The van der Waals surface area contributed by atoms with Crippen LogP contribution in [0.15, 0.2) is 18.2 Å². The maximum Gasteiger partial charge on any atom is 0.340 e. The Labute approximate surface area is 168 Å². The summed E-state index contributed by atoms with van der Waals surface area (Å²) in [4.78, 5) is 35.9. The summed E-state index contributed by atoms with van der Waals surface area (Å²) < 4.78 is 54.8. The van der Waals surface area contributed by atoms with E-state index in [-0.39, 0.29) is 29.1 Å². The smallest absolute Gasteiger partial charge is 0.340 e. The van der Waals surface area contributed by atoms with Crippen molar-refractivity contribution < 1.29 is 41.8 Å². The highest BCUT2D eigenvalue weighted by atomic mass is 35.5. The van der Waals surface area contributed by atoms with Crippen LogP contribution in [-0.2, 0) is 14.3 Å². The van der Waals surface area contributed by atoms with Crippen LogP contribution in [0.3, 0.4) is 0 Å². The fraction of sp³-hybridized carbons (Fsp3) is 0.500. The molecule has 11 heteroatoms. The van der Waals surface area contributed by atoms with Gasteiger partial charge in [-0.05, 0) is 31.0 Å². The van der Waals surface area contributed by atoms with Crippen LogP contribution in [0.4, 0.5) is 23.2 Å². The predicted octanol–water partition coefficient (Wildman–Crippen LogP) is 4.23. The predicted molar refractivity (Wildman–Crippen MR) is 94.4 cm³/mol. The monoisotopic (exact) mass is 439 g/mol. The summed E-state index contributed by atoms with van der Waals surface area (Å²) in [5.74, 6) is -9.55. The van der Waals surface area contributed by atoms with Crippen LogP contribution < -0.4 is 5.32 Å². The van der Waals surface area contributed by atoms with Crippen LogP contribution >= 0.6 is 11.6 Å². The number of carbonyl (C=O) groups excluding carboxylic acids is 2. The van der Waals surface area contributed by atoms with E-state index in [1.807, 2.05) is 0 Å². The summed E-state index contributed by atoms with van der Waals surface area (Å²) in [6.45, 7) is -1.77. The van der Waals surface area contributed by atoms with Gasteiger partial charge < -0.3 is 15.2 Å². The molecular formula is C18H18ClF4NO5. The van der Waals surface area contributed by atoms with Gasteiger partial charge >= 0.3 is 24.3 Å². The molecule has 0 bridgehead atoms. The van der Waals surface area contributed by atoms with Gasteiger partial charge in [0.05, 0.1) is 22.4 Å². The van der Waals surface area contributed by atoms with Crippen molar-refractivity contribution in [2.75, 3.05) is 11.9 Å². The van der Waals surface area contributed by atoms with Crippen LogP contribution in [0.2, 0.25) is 5.02 Å². The third-order valence-electron chi connectivity index (χ3n) is 4.60. The molecule has 2 unspecified atom stereocenters. The number of rotatable bonds is 7. The molecule has 29 heavy (non-hydrogen) atoms. The first kappa shape index (κ1) is 22.9. The molecule has 6 nitrogen and oxygen atoms in total. The van der Waals surface area contributed by atoms with Crippen LogP contribution in [0.5, 0.6) is 0 Å². The molecule has 1 saturated carbocycles. The van der Waals surface area contributed by atoms with Crippen molar-refractivity contribution in [2.24, 2.45) is 11.8 Å². The average Bonchev–Trinajstić information content (AvgIpc) is 2.67. The number of amides is 1. The van der Waals surface area contributed by atoms with E-state index in [0.29, 0.717) is 12.8 Å². The molecule has 2 rings (SSSR count). The Hall–Kier alpha value is -2.36. The molecular weight excluding hydrogens is 422 g/mol. The Kier molecular flexibility index (Phi) is 7.45. The first-order chi connectivity index (χ1) is 13.5. The third-order valence-corrected chi connectivity index (χ3v) is 4.93. The summed E-state index contributed by atoms with van der Waals surface area (Å²) in [6, 6.07) is 3.79. The lowest BCUT2D eigenvalue weighted by molar-refractivity contribution is -0.184. The topological polar surface area (TPSA) is 92.7 Å². The first-order valence-electron chi connectivity index (χ1n) is 8.69. The number of hydrogen-bond donors (Lipinski definition) is 2. The number of carboxylic acids is 1. The van der Waals surface area contributed by atoms with Crippen LogP contribution in [0.25, 0.3) is 0 Å². The van der Waals surface area contributed by atoms with Gasteiger partial charge in [-0.3, -0.25) is 9.59 Å². The number of aromatic carboxylic acids is 1. The standard InChI is InChI=1S/C18H18ClF4NO5/c19-13-6-5-9(7-12(13)15(26)27)24-14(25)10-3-1-2-4-11(10)16(28)29-8-18(22,23)17(20)21/h5-7,10-11,17H,1-4,8H2,(H,24,25)(H,26,27). The SMILES string of the molecule is O=C(O)c1cc(NC(=O)C2CCCCC2C(=O)OCC(F)(F)C(F)F)ccc1Cl. The molecule has 160 valence electrons. The largest absolute Gasteiger partial charge is 0.478 e. The van der Waals surface area contributed by atoms with Gasteiger partial charge in [0.25, 0.3) is 0 Å². The van der Waals surface area contributed by atoms with Gasteiger partial charge in [0.2, 0.25) is 5.91 Å². The Morgan fingerprint density at radius 3 is 2.41 bits per heavy atom. The van der Waals surface area contributed by atoms with Gasteiger partial charge in [0.15, 0.2) is 6.61 Å². The second-order valence-corrected chi connectivity index (χ2v) is 7.06. The van der Waals surface area contributed by atoms with Crippen molar-refractivity contribution >= 4 is 35.1 Å². The minimum Gasteiger partial charge on any atom is -0.478 e. The highest BCUT2D eigenvalue weighted by Crippen LogP contribution is 2.33. The molecule has 1 fully saturated rings. The quantitative estimate of drug-likeness (QED) is 0.490. The summed E-state index contributed by atoms with van der Waals surface area (Å²) in [6.07, 6.45) is -2.40. The number of alkyl halides is 4. The first-order valence-corrected chi connectivity index (χ1v) is 9.07. The number of ether oxygens (including phenoxy) is 1. The fourth-order valence-electron chi connectivity index (χ4n) is 3.07. The van der Waals surface area contributed by atoms with E-state index in [4.69, 9.17) is 16.7 Å². The summed E-state index contributed by atoms with van der Waals surface area (Å²) in [7, 11) is 0. The maximum atomic E-state index is 13.0. The van der Waals surface area contributed by atoms with E-state index in [9.17, 15) is 31.9 Å². The lowest BCUT2D eigenvalue weighted by Gasteiger charge is -2.29. The third kappa shape index (κ3) is 5.81. The minimum atomic E-state index is -4.47. The highest BCUT2D eigenvalue weighted by molar-refractivity contribution is 6.33. The van der Waals surface area contributed by atoms with Gasteiger partial charge in [-0.1, -0.05) is 24.4 Å². The normalized spacial score (nSPS) is 19.7. The molecule has 1 aliphatic rings. The number of esters is 1. The van der Waals surface area contributed by atoms with Crippen LogP contribution in [0, 0.1) is 11.8 Å². The molecule has 0 heterocycles. The number of halogens is 5. The lowest BCUT2D eigenvalue weighted by atomic mass is 9.78.